The highest BCUT2D eigenvalue weighted by molar-refractivity contribution is 5.83. The van der Waals surface area contributed by atoms with Crippen molar-refractivity contribution in [3.63, 3.8) is 0 Å². The van der Waals surface area contributed by atoms with E-state index in [0.717, 1.165) is 23.3 Å². The molecular weight excluding hydrogens is 292 g/mol. The average molecular weight is 312 g/mol. The number of carbonyl (C=O) groups excluding carboxylic acids is 1. The van der Waals surface area contributed by atoms with Gasteiger partial charge < -0.3 is 9.84 Å². The summed E-state index contributed by atoms with van der Waals surface area (Å²) in [4.78, 5) is 11.8. The minimum atomic E-state index is -0.213. The molecule has 23 heavy (non-hydrogen) atoms. The molecular formula is C18H20N2O3. The van der Waals surface area contributed by atoms with Crippen LogP contribution in [-0.4, -0.2) is 23.8 Å². The molecule has 2 aromatic rings. The molecule has 0 radical (unpaired) electrons. The van der Waals surface area contributed by atoms with Gasteiger partial charge in [-0.05, 0) is 53.9 Å². The Bertz CT molecular complexity index is 649. The van der Waals surface area contributed by atoms with Crippen molar-refractivity contribution in [2.45, 2.75) is 19.8 Å². The molecule has 0 aliphatic carbocycles. The SMILES string of the molecule is CCCOc1ccc(/C=N\NC(=O)Cc2ccc(O)cc2)cc1. The number of rotatable bonds is 7. The van der Waals surface area contributed by atoms with E-state index in [1.165, 1.54) is 0 Å². The van der Waals surface area contributed by atoms with Crippen LogP contribution in [0.4, 0.5) is 0 Å². The van der Waals surface area contributed by atoms with Gasteiger partial charge in [-0.1, -0.05) is 19.1 Å². The predicted octanol–water partition coefficient (Wildman–Crippen LogP) is 2.87. The van der Waals surface area contributed by atoms with Crippen LogP contribution in [0.15, 0.2) is 53.6 Å². The first kappa shape index (κ1) is 16.5. The number of carbonyl (C=O) groups is 1. The number of benzene rings is 2. The summed E-state index contributed by atoms with van der Waals surface area (Å²) in [6.07, 6.45) is 2.76. The second kappa shape index (κ2) is 8.58. The molecule has 5 nitrogen and oxygen atoms in total. The topological polar surface area (TPSA) is 70.9 Å². The van der Waals surface area contributed by atoms with Crippen LogP contribution in [-0.2, 0) is 11.2 Å². The standard InChI is InChI=1S/C18H20N2O3/c1-2-11-23-17-9-5-15(6-10-17)13-19-20-18(22)12-14-3-7-16(21)8-4-14/h3-10,13,21H,2,11-12H2,1H3,(H,20,22)/b19-13-. The maximum absolute atomic E-state index is 11.8. The van der Waals surface area contributed by atoms with E-state index >= 15 is 0 Å². The third-order valence-corrected chi connectivity index (χ3v) is 3.06. The van der Waals surface area contributed by atoms with Gasteiger partial charge in [0.25, 0.3) is 0 Å². The van der Waals surface area contributed by atoms with Gasteiger partial charge >= 0.3 is 0 Å². The summed E-state index contributed by atoms with van der Waals surface area (Å²) in [7, 11) is 0. The minimum Gasteiger partial charge on any atom is -0.508 e. The molecule has 0 saturated heterocycles. The highest BCUT2D eigenvalue weighted by atomic mass is 16.5. The highest BCUT2D eigenvalue weighted by Gasteiger charge is 2.01. The number of aromatic hydroxyl groups is 1. The quantitative estimate of drug-likeness (QED) is 0.610. The van der Waals surface area contributed by atoms with Crippen molar-refractivity contribution in [1.29, 1.82) is 0 Å². The van der Waals surface area contributed by atoms with Crippen molar-refractivity contribution < 1.29 is 14.6 Å². The van der Waals surface area contributed by atoms with Gasteiger partial charge in [-0.2, -0.15) is 5.10 Å². The van der Waals surface area contributed by atoms with E-state index in [-0.39, 0.29) is 18.1 Å². The summed E-state index contributed by atoms with van der Waals surface area (Å²) in [6, 6.07) is 14.0. The van der Waals surface area contributed by atoms with E-state index < -0.39 is 0 Å². The van der Waals surface area contributed by atoms with Gasteiger partial charge in [-0.25, -0.2) is 5.43 Å². The van der Waals surface area contributed by atoms with Crippen molar-refractivity contribution in [3.05, 3.63) is 59.7 Å². The molecule has 5 heteroatoms. The molecule has 0 spiro atoms. The predicted molar refractivity (Wildman–Crippen MR) is 89.8 cm³/mol. The Morgan fingerprint density at radius 3 is 2.52 bits per heavy atom. The Labute approximate surface area is 135 Å². The number of hydrogen-bond acceptors (Lipinski definition) is 4. The number of ether oxygens (including phenoxy) is 1. The van der Waals surface area contributed by atoms with Crippen molar-refractivity contribution in [2.75, 3.05) is 6.61 Å². The van der Waals surface area contributed by atoms with Crippen LogP contribution >= 0.6 is 0 Å². The molecule has 0 bridgehead atoms. The van der Waals surface area contributed by atoms with Gasteiger partial charge in [-0.3, -0.25) is 4.79 Å². The second-order valence-corrected chi connectivity index (χ2v) is 5.05. The van der Waals surface area contributed by atoms with Crippen molar-refractivity contribution >= 4 is 12.1 Å². The molecule has 0 aliphatic rings. The fourth-order valence-corrected chi connectivity index (χ4v) is 1.89. The highest BCUT2D eigenvalue weighted by Crippen LogP contribution is 2.11. The first-order valence-corrected chi connectivity index (χ1v) is 7.50. The Hall–Kier alpha value is -2.82. The van der Waals surface area contributed by atoms with Gasteiger partial charge in [0.1, 0.15) is 11.5 Å². The lowest BCUT2D eigenvalue weighted by atomic mass is 10.1. The monoisotopic (exact) mass is 312 g/mol. The molecule has 2 aromatic carbocycles. The number of phenols is 1. The molecule has 0 aliphatic heterocycles. The lowest BCUT2D eigenvalue weighted by Crippen LogP contribution is -2.19. The molecule has 1 amide bonds. The van der Waals surface area contributed by atoms with Gasteiger partial charge in [0, 0.05) is 0 Å². The number of nitrogens with zero attached hydrogens (tertiary/aromatic N) is 1. The van der Waals surface area contributed by atoms with Crippen LogP contribution in [0.3, 0.4) is 0 Å². The maximum Gasteiger partial charge on any atom is 0.244 e. The number of hydrazone groups is 1. The molecule has 0 heterocycles. The fourth-order valence-electron chi connectivity index (χ4n) is 1.89. The molecule has 0 saturated carbocycles. The molecule has 0 atom stereocenters. The van der Waals surface area contributed by atoms with Crippen LogP contribution in [0.5, 0.6) is 11.5 Å². The van der Waals surface area contributed by atoms with E-state index in [4.69, 9.17) is 4.74 Å². The van der Waals surface area contributed by atoms with E-state index in [9.17, 15) is 9.90 Å². The van der Waals surface area contributed by atoms with Crippen LogP contribution in [0.2, 0.25) is 0 Å². The van der Waals surface area contributed by atoms with E-state index in [1.807, 2.05) is 24.3 Å². The smallest absolute Gasteiger partial charge is 0.244 e. The Balaban J connectivity index is 1.81. The van der Waals surface area contributed by atoms with Crippen molar-refractivity contribution in [3.8, 4) is 11.5 Å². The van der Waals surface area contributed by atoms with Gasteiger partial charge in [0.2, 0.25) is 5.91 Å². The Kier molecular flexibility index (Phi) is 6.17. The lowest BCUT2D eigenvalue weighted by molar-refractivity contribution is -0.120. The van der Waals surface area contributed by atoms with E-state index in [2.05, 4.69) is 17.5 Å². The minimum absolute atomic E-state index is 0.179. The van der Waals surface area contributed by atoms with Crippen molar-refractivity contribution in [2.24, 2.45) is 5.10 Å². The third-order valence-electron chi connectivity index (χ3n) is 3.06. The summed E-state index contributed by atoms with van der Waals surface area (Å²) < 4.78 is 5.50. The second-order valence-electron chi connectivity index (χ2n) is 5.05. The Morgan fingerprint density at radius 2 is 1.87 bits per heavy atom. The first-order chi connectivity index (χ1) is 11.2. The van der Waals surface area contributed by atoms with E-state index in [0.29, 0.717) is 6.61 Å². The normalized spacial score (nSPS) is 10.7. The van der Waals surface area contributed by atoms with Crippen LogP contribution < -0.4 is 10.2 Å². The fraction of sp³-hybridized carbons (Fsp3) is 0.222. The number of amides is 1. The van der Waals surface area contributed by atoms with Crippen LogP contribution in [0.25, 0.3) is 0 Å². The van der Waals surface area contributed by atoms with Gasteiger partial charge in [0.05, 0.1) is 19.2 Å². The van der Waals surface area contributed by atoms with Crippen LogP contribution in [0.1, 0.15) is 24.5 Å². The number of phenolic OH excluding ortho intramolecular Hbond substituents is 1. The molecule has 0 fully saturated rings. The summed E-state index contributed by atoms with van der Waals surface area (Å²) >= 11 is 0. The summed E-state index contributed by atoms with van der Waals surface area (Å²) in [6.45, 7) is 2.75. The third kappa shape index (κ3) is 5.82. The maximum atomic E-state index is 11.8. The summed E-state index contributed by atoms with van der Waals surface area (Å²) in [5, 5.41) is 13.1. The van der Waals surface area contributed by atoms with Gasteiger partial charge in [0.15, 0.2) is 0 Å². The van der Waals surface area contributed by atoms with Crippen molar-refractivity contribution in [1.82, 2.24) is 5.43 Å². The molecule has 120 valence electrons. The zero-order valence-corrected chi connectivity index (χ0v) is 13.0. The summed E-state index contributed by atoms with van der Waals surface area (Å²) in [5.41, 5.74) is 4.17. The first-order valence-electron chi connectivity index (χ1n) is 7.50. The van der Waals surface area contributed by atoms with E-state index in [1.54, 1.807) is 30.5 Å². The average Bonchev–Trinajstić information content (AvgIpc) is 2.56. The largest absolute Gasteiger partial charge is 0.508 e. The number of nitrogens with one attached hydrogen (secondary N) is 1. The Morgan fingerprint density at radius 1 is 1.17 bits per heavy atom. The zero-order chi connectivity index (χ0) is 16.5. The van der Waals surface area contributed by atoms with Crippen LogP contribution in [0, 0.1) is 0 Å². The summed E-state index contributed by atoms with van der Waals surface area (Å²) in [5.74, 6) is 0.786. The zero-order valence-electron chi connectivity index (χ0n) is 13.0. The lowest BCUT2D eigenvalue weighted by Gasteiger charge is -2.04. The molecule has 2 rings (SSSR count). The molecule has 0 aromatic heterocycles. The molecule has 2 N–H and O–H groups in total. The number of hydrogen-bond donors (Lipinski definition) is 2. The van der Waals surface area contributed by atoms with Gasteiger partial charge in [-0.15, -0.1) is 0 Å². The molecule has 0 unspecified atom stereocenters.